The molecule has 1 atom stereocenters. The SMILES string of the molecule is Bc1ccc(C(=N)NC2NC=C(c3ccccc3)C=C2c2ccccc2)cc1. The molecule has 0 aromatic heterocycles. The molecule has 136 valence electrons. The van der Waals surface area contributed by atoms with Gasteiger partial charge in [0.2, 0.25) is 0 Å². The first-order chi connectivity index (χ1) is 13.7. The molecular formula is C24H22BN3. The van der Waals surface area contributed by atoms with Crippen molar-refractivity contribution in [2.45, 2.75) is 6.17 Å². The molecule has 1 aliphatic rings. The van der Waals surface area contributed by atoms with Crippen molar-refractivity contribution in [1.82, 2.24) is 10.6 Å². The molecule has 3 N–H and O–H groups in total. The van der Waals surface area contributed by atoms with Crippen LogP contribution in [-0.2, 0) is 0 Å². The minimum atomic E-state index is -0.177. The summed E-state index contributed by atoms with van der Waals surface area (Å²) < 4.78 is 0. The topological polar surface area (TPSA) is 47.9 Å². The molecule has 28 heavy (non-hydrogen) atoms. The molecule has 4 heteroatoms. The molecule has 1 heterocycles. The first kappa shape index (κ1) is 17.9. The lowest BCUT2D eigenvalue weighted by atomic mass is 9.94. The summed E-state index contributed by atoms with van der Waals surface area (Å²) in [5, 5.41) is 15.3. The van der Waals surface area contributed by atoms with E-state index >= 15 is 0 Å². The Morgan fingerprint density at radius 3 is 2.07 bits per heavy atom. The summed E-state index contributed by atoms with van der Waals surface area (Å²) >= 11 is 0. The van der Waals surface area contributed by atoms with Crippen molar-refractivity contribution in [2.24, 2.45) is 0 Å². The quantitative estimate of drug-likeness (QED) is 0.379. The number of amidine groups is 1. The smallest absolute Gasteiger partial charge is 0.139 e. The zero-order valence-corrected chi connectivity index (χ0v) is 15.8. The Kier molecular flexibility index (Phi) is 5.11. The molecule has 1 unspecified atom stereocenters. The highest BCUT2D eigenvalue weighted by Gasteiger charge is 2.20. The number of benzene rings is 3. The molecule has 3 aromatic carbocycles. The Morgan fingerprint density at radius 1 is 0.821 bits per heavy atom. The monoisotopic (exact) mass is 363 g/mol. The van der Waals surface area contributed by atoms with Crippen LogP contribution in [0.15, 0.2) is 97.2 Å². The second kappa shape index (κ2) is 8.01. The fourth-order valence-electron chi connectivity index (χ4n) is 3.30. The normalized spacial score (nSPS) is 15.8. The third-order valence-corrected chi connectivity index (χ3v) is 4.87. The van der Waals surface area contributed by atoms with Gasteiger partial charge >= 0.3 is 0 Å². The second-order valence-corrected chi connectivity index (χ2v) is 6.92. The minimum absolute atomic E-state index is 0.177. The molecular weight excluding hydrogens is 341 g/mol. The number of rotatable bonds is 4. The minimum Gasteiger partial charge on any atom is -0.367 e. The van der Waals surface area contributed by atoms with Crippen molar-refractivity contribution in [3.05, 3.63) is 114 Å². The zero-order chi connectivity index (χ0) is 19.3. The third kappa shape index (κ3) is 3.91. The van der Waals surface area contributed by atoms with Gasteiger partial charge in [-0.2, -0.15) is 0 Å². The zero-order valence-electron chi connectivity index (χ0n) is 15.8. The molecule has 0 amide bonds. The number of hydrogen-bond acceptors (Lipinski definition) is 2. The maximum atomic E-state index is 8.50. The molecule has 4 rings (SSSR count). The Bertz CT molecular complexity index is 1020. The molecule has 0 spiro atoms. The Morgan fingerprint density at radius 2 is 1.43 bits per heavy atom. The standard InChI is InChI=1S/C24H22BN3/c25-21-13-11-19(12-14-21)23(26)28-24-22(18-9-5-2-6-10-18)15-20(16-27-24)17-7-3-1-4-8-17/h1-16,24,27H,25H2,(H2,26,28). The van der Waals surface area contributed by atoms with Crippen molar-refractivity contribution >= 4 is 30.3 Å². The van der Waals surface area contributed by atoms with Crippen molar-refractivity contribution < 1.29 is 0 Å². The van der Waals surface area contributed by atoms with E-state index in [4.69, 9.17) is 5.41 Å². The number of dihydropyridines is 1. The van der Waals surface area contributed by atoms with E-state index in [2.05, 4.69) is 48.8 Å². The van der Waals surface area contributed by atoms with E-state index in [0.717, 1.165) is 27.8 Å². The van der Waals surface area contributed by atoms with Crippen LogP contribution >= 0.6 is 0 Å². The van der Waals surface area contributed by atoms with E-state index in [0.29, 0.717) is 5.84 Å². The summed E-state index contributed by atoms with van der Waals surface area (Å²) in [6.45, 7) is 0. The van der Waals surface area contributed by atoms with Crippen LogP contribution in [0.4, 0.5) is 0 Å². The van der Waals surface area contributed by atoms with Gasteiger partial charge in [-0.05, 0) is 22.8 Å². The molecule has 0 bridgehead atoms. The summed E-state index contributed by atoms with van der Waals surface area (Å²) in [4.78, 5) is 0. The molecule has 0 aliphatic carbocycles. The summed E-state index contributed by atoms with van der Waals surface area (Å²) in [5.74, 6) is 0.399. The van der Waals surface area contributed by atoms with E-state index in [9.17, 15) is 0 Å². The average Bonchev–Trinajstić information content (AvgIpc) is 2.75. The van der Waals surface area contributed by atoms with Gasteiger partial charge in [0.05, 0.1) is 0 Å². The van der Waals surface area contributed by atoms with Gasteiger partial charge in [0.25, 0.3) is 0 Å². The highest BCUT2D eigenvalue weighted by atomic mass is 15.1. The predicted octanol–water partition coefficient (Wildman–Crippen LogP) is 2.91. The summed E-state index contributed by atoms with van der Waals surface area (Å²) in [6, 6.07) is 28.6. The van der Waals surface area contributed by atoms with Gasteiger partial charge in [0.15, 0.2) is 0 Å². The molecule has 0 radical (unpaired) electrons. The second-order valence-electron chi connectivity index (χ2n) is 6.92. The van der Waals surface area contributed by atoms with Gasteiger partial charge < -0.3 is 10.6 Å². The highest BCUT2D eigenvalue weighted by Crippen LogP contribution is 2.27. The Hall–Kier alpha value is -3.53. The lowest BCUT2D eigenvalue weighted by molar-refractivity contribution is 0.672. The van der Waals surface area contributed by atoms with Crippen molar-refractivity contribution in [3.8, 4) is 0 Å². The molecule has 3 aromatic rings. The van der Waals surface area contributed by atoms with Gasteiger partial charge in [0.1, 0.15) is 19.8 Å². The molecule has 0 fully saturated rings. The van der Waals surface area contributed by atoms with E-state index in [1.807, 2.05) is 66.9 Å². The largest absolute Gasteiger partial charge is 0.367 e. The van der Waals surface area contributed by atoms with Crippen LogP contribution < -0.4 is 16.1 Å². The van der Waals surface area contributed by atoms with Crippen LogP contribution in [-0.4, -0.2) is 19.8 Å². The molecule has 0 saturated carbocycles. The lowest BCUT2D eigenvalue weighted by Gasteiger charge is -2.28. The molecule has 3 nitrogen and oxygen atoms in total. The number of nitrogens with one attached hydrogen (secondary N) is 3. The van der Waals surface area contributed by atoms with Gasteiger partial charge in [-0.1, -0.05) is 90.4 Å². The van der Waals surface area contributed by atoms with Crippen LogP contribution in [0.3, 0.4) is 0 Å². The highest BCUT2D eigenvalue weighted by molar-refractivity contribution is 6.32. The first-order valence-corrected chi connectivity index (χ1v) is 9.41. The van der Waals surface area contributed by atoms with Crippen molar-refractivity contribution in [3.63, 3.8) is 0 Å². The Balaban J connectivity index is 1.64. The first-order valence-electron chi connectivity index (χ1n) is 9.41. The van der Waals surface area contributed by atoms with Gasteiger partial charge in [-0.3, -0.25) is 5.41 Å². The maximum Gasteiger partial charge on any atom is 0.139 e. The van der Waals surface area contributed by atoms with E-state index in [-0.39, 0.29) is 6.17 Å². The van der Waals surface area contributed by atoms with Crippen LogP contribution in [0.5, 0.6) is 0 Å². The van der Waals surface area contributed by atoms with Gasteiger partial charge in [0, 0.05) is 17.3 Å². The maximum absolute atomic E-state index is 8.50. The van der Waals surface area contributed by atoms with Crippen LogP contribution in [0.25, 0.3) is 11.1 Å². The average molecular weight is 363 g/mol. The van der Waals surface area contributed by atoms with E-state index < -0.39 is 0 Å². The molecule has 1 aliphatic heterocycles. The predicted molar refractivity (Wildman–Crippen MR) is 120 cm³/mol. The van der Waals surface area contributed by atoms with E-state index in [1.54, 1.807) is 0 Å². The lowest BCUT2D eigenvalue weighted by Crippen LogP contribution is -2.45. The van der Waals surface area contributed by atoms with Gasteiger partial charge in [-0.15, -0.1) is 0 Å². The fourth-order valence-corrected chi connectivity index (χ4v) is 3.30. The third-order valence-electron chi connectivity index (χ3n) is 4.87. The van der Waals surface area contributed by atoms with Crippen molar-refractivity contribution in [1.29, 1.82) is 5.41 Å². The van der Waals surface area contributed by atoms with Crippen LogP contribution in [0, 0.1) is 5.41 Å². The Labute approximate surface area is 166 Å². The van der Waals surface area contributed by atoms with Crippen LogP contribution in [0.2, 0.25) is 0 Å². The van der Waals surface area contributed by atoms with Crippen LogP contribution in [0.1, 0.15) is 16.7 Å². The number of hydrogen-bond donors (Lipinski definition) is 3. The molecule has 0 saturated heterocycles. The summed E-state index contributed by atoms with van der Waals surface area (Å²) in [5.41, 5.74) is 6.59. The van der Waals surface area contributed by atoms with Gasteiger partial charge in [-0.25, -0.2) is 0 Å². The summed E-state index contributed by atoms with van der Waals surface area (Å²) in [7, 11) is 2.05. The number of allylic oxidation sites excluding steroid dienone is 2. The van der Waals surface area contributed by atoms with E-state index in [1.165, 1.54) is 5.46 Å². The summed E-state index contributed by atoms with van der Waals surface area (Å²) in [6.07, 6.45) is 4.03. The van der Waals surface area contributed by atoms with Crippen molar-refractivity contribution in [2.75, 3.05) is 0 Å². The fraction of sp³-hybridized carbons (Fsp3) is 0.0417.